The average Bonchev–Trinajstić information content (AvgIpc) is 2.75. The Balaban J connectivity index is 1.91. The SMILES string of the molecule is CC1(CNC(=O)c2cnc(Cl)cn2)CCCS1. The summed E-state index contributed by atoms with van der Waals surface area (Å²) in [5.41, 5.74) is 0.306. The van der Waals surface area contributed by atoms with Crippen molar-refractivity contribution in [1.29, 1.82) is 0 Å². The van der Waals surface area contributed by atoms with Crippen LogP contribution in [0.4, 0.5) is 0 Å². The van der Waals surface area contributed by atoms with Crippen molar-refractivity contribution < 1.29 is 4.79 Å². The summed E-state index contributed by atoms with van der Waals surface area (Å²) in [6, 6.07) is 0. The summed E-state index contributed by atoms with van der Waals surface area (Å²) in [5, 5.41) is 3.19. The van der Waals surface area contributed by atoms with E-state index in [0.29, 0.717) is 17.4 Å². The second kappa shape index (κ2) is 5.23. The summed E-state index contributed by atoms with van der Waals surface area (Å²) in [4.78, 5) is 19.6. The van der Waals surface area contributed by atoms with E-state index in [1.807, 2.05) is 11.8 Å². The van der Waals surface area contributed by atoms with Gasteiger partial charge in [0.2, 0.25) is 0 Å². The number of aromatic nitrogens is 2. The summed E-state index contributed by atoms with van der Waals surface area (Å²) in [7, 11) is 0. The van der Waals surface area contributed by atoms with Crippen LogP contribution >= 0.6 is 23.4 Å². The van der Waals surface area contributed by atoms with Crippen molar-refractivity contribution >= 4 is 29.3 Å². The Hall–Kier alpha value is -0.810. The maximum absolute atomic E-state index is 11.8. The standard InChI is InChI=1S/C11H14ClN3OS/c1-11(3-2-4-17-11)7-15-10(16)8-5-14-9(12)6-13-8/h5-6H,2-4,7H2,1H3,(H,15,16). The lowest BCUT2D eigenvalue weighted by Gasteiger charge is -2.22. The lowest BCUT2D eigenvalue weighted by atomic mass is 10.1. The van der Waals surface area contributed by atoms with Crippen molar-refractivity contribution in [1.82, 2.24) is 15.3 Å². The molecule has 0 bridgehead atoms. The molecule has 0 aromatic carbocycles. The van der Waals surface area contributed by atoms with E-state index in [-0.39, 0.29) is 10.7 Å². The van der Waals surface area contributed by atoms with Crippen LogP contribution in [0.25, 0.3) is 0 Å². The van der Waals surface area contributed by atoms with Gasteiger partial charge in [-0.15, -0.1) is 0 Å². The van der Waals surface area contributed by atoms with Gasteiger partial charge < -0.3 is 5.32 Å². The van der Waals surface area contributed by atoms with Crippen LogP contribution in [0, 0.1) is 0 Å². The van der Waals surface area contributed by atoms with Crippen LogP contribution in [-0.4, -0.2) is 32.9 Å². The number of amides is 1. The molecule has 0 spiro atoms. The predicted octanol–water partition coefficient (Wildman–Crippen LogP) is 2.15. The molecule has 1 aromatic heterocycles. The molecule has 1 aromatic rings. The fraction of sp³-hybridized carbons (Fsp3) is 0.545. The number of halogens is 1. The molecule has 4 nitrogen and oxygen atoms in total. The third-order valence-electron chi connectivity index (χ3n) is 2.78. The molecule has 1 amide bonds. The van der Waals surface area contributed by atoms with Gasteiger partial charge in [-0.05, 0) is 25.5 Å². The Bertz CT molecular complexity index is 404. The molecule has 1 aliphatic heterocycles. The number of hydrogen-bond donors (Lipinski definition) is 1. The fourth-order valence-corrected chi connectivity index (χ4v) is 3.11. The van der Waals surface area contributed by atoms with Crippen molar-refractivity contribution in [3.8, 4) is 0 Å². The Morgan fingerprint density at radius 3 is 3.00 bits per heavy atom. The Kier molecular flexibility index (Phi) is 3.89. The fourth-order valence-electron chi connectivity index (χ4n) is 1.76. The average molecular weight is 272 g/mol. The largest absolute Gasteiger partial charge is 0.349 e. The van der Waals surface area contributed by atoms with Gasteiger partial charge in [0, 0.05) is 11.3 Å². The van der Waals surface area contributed by atoms with Crippen molar-refractivity contribution in [3.63, 3.8) is 0 Å². The van der Waals surface area contributed by atoms with Gasteiger partial charge in [0.1, 0.15) is 10.8 Å². The van der Waals surface area contributed by atoms with E-state index in [1.165, 1.54) is 24.6 Å². The van der Waals surface area contributed by atoms with Crippen LogP contribution in [-0.2, 0) is 0 Å². The summed E-state index contributed by atoms with van der Waals surface area (Å²) < 4.78 is 0.162. The molecular weight excluding hydrogens is 258 g/mol. The van der Waals surface area contributed by atoms with Crippen molar-refractivity contribution in [2.45, 2.75) is 24.5 Å². The van der Waals surface area contributed by atoms with Crippen LogP contribution in [0.1, 0.15) is 30.3 Å². The van der Waals surface area contributed by atoms with E-state index in [9.17, 15) is 4.79 Å². The molecule has 0 aliphatic carbocycles. The maximum atomic E-state index is 11.8. The Labute approximate surface area is 110 Å². The number of thioether (sulfide) groups is 1. The van der Waals surface area contributed by atoms with E-state index in [2.05, 4.69) is 22.2 Å². The summed E-state index contributed by atoms with van der Waals surface area (Å²) in [6.45, 7) is 2.85. The molecule has 1 N–H and O–H groups in total. The molecule has 1 saturated heterocycles. The van der Waals surface area contributed by atoms with Crippen LogP contribution < -0.4 is 5.32 Å². The first-order valence-corrected chi connectivity index (χ1v) is 6.85. The molecule has 2 rings (SSSR count). The molecule has 1 atom stereocenters. The number of hydrogen-bond acceptors (Lipinski definition) is 4. The molecule has 0 radical (unpaired) electrons. The molecule has 1 fully saturated rings. The summed E-state index contributed by atoms with van der Waals surface area (Å²) in [5.74, 6) is 0.982. The van der Waals surface area contributed by atoms with Crippen LogP contribution in [0.3, 0.4) is 0 Å². The molecule has 92 valence electrons. The number of rotatable bonds is 3. The number of nitrogens with one attached hydrogen (secondary N) is 1. The van der Waals surface area contributed by atoms with E-state index < -0.39 is 0 Å². The second-order valence-electron chi connectivity index (χ2n) is 4.31. The highest BCUT2D eigenvalue weighted by molar-refractivity contribution is 8.00. The van der Waals surface area contributed by atoms with Gasteiger partial charge in [-0.2, -0.15) is 11.8 Å². The minimum absolute atomic E-state index is 0.162. The van der Waals surface area contributed by atoms with E-state index in [0.717, 1.165) is 6.42 Å². The monoisotopic (exact) mass is 271 g/mol. The zero-order chi connectivity index (χ0) is 12.3. The maximum Gasteiger partial charge on any atom is 0.271 e. The molecule has 6 heteroatoms. The normalized spacial score (nSPS) is 23.6. The van der Waals surface area contributed by atoms with Gasteiger partial charge in [-0.25, -0.2) is 9.97 Å². The summed E-state index contributed by atoms with van der Waals surface area (Å²) >= 11 is 7.52. The Morgan fingerprint density at radius 1 is 1.59 bits per heavy atom. The first-order valence-electron chi connectivity index (χ1n) is 5.49. The van der Waals surface area contributed by atoms with Crippen molar-refractivity contribution in [3.05, 3.63) is 23.2 Å². The minimum atomic E-state index is -0.192. The molecule has 1 aliphatic rings. The first kappa shape index (κ1) is 12.6. The molecule has 0 saturated carbocycles. The van der Waals surface area contributed by atoms with Crippen molar-refractivity contribution in [2.24, 2.45) is 0 Å². The van der Waals surface area contributed by atoms with Gasteiger partial charge in [0.15, 0.2) is 0 Å². The zero-order valence-electron chi connectivity index (χ0n) is 9.57. The first-order chi connectivity index (χ1) is 8.09. The van der Waals surface area contributed by atoms with E-state index in [4.69, 9.17) is 11.6 Å². The quantitative estimate of drug-likeness (QED) is 0.915. The van der Waals surface area contributed by atoms with Gasteiger partial charge >= 0.3 is 0 Å². The van der Waals surface area contributed by atoms with Crippen LogP contribution in [0.5, 0.6) is 0 Å². The lowest BCUT2D eigenvalue weighted by molar-refractivity contribution is 0.0944. The van der Waals surface area contributed by atoms with E-state index >= 15 is 0 Å². The smallest absolute Gasteiger partial charge is 0.271 e. The van der Waals surface area contributed by atoms with Gasteiger partial charge in [-0.1, -0.05) is 11.6 Å². The Morgan fingerprint density at radius 2 is 2.41 bits per heavy atom. The second-order valence-corrected chi connectivity index (χ2v) is 6.38. The van der Waals surface area contributed by atoms with Gasteiger partial charge in [-0.3, -0.25) is 4.79 Å². The van der Waals surface area contributed by atoms with Crippen molar-refractivity contribution in [2.75, 3.05) is 12.3 Å². The lowest BCUT2D eigenvalue weighted by Crippen LogP contribution is -2.37. The molecule has 2 heterocycles. The third-order valence-corrected chi connectivity index (χ3v) is 4.51. The molecule has 17 heavy (non-hydrogen) atoms. The number of nitrogens with zero attached hydrogens (tertiary/aromatic N) is 2. The summed E-state index contributed by atoms with van der Waals surface area (Å²) in [6.07, 6.45) is 5.13. The topological polar surface area (TPSA) is 54.9 Å². The number of carbonyl (C=O) groups is 1. The highest BCUT2D eigenvalue weighted by Crippen LogP contribution is 2.36. The highest BCUT2D eigenvalue weighted by Gasteiger charge is 2.29. The van der Waals surface area contributed by atoms with Crippen LogP contribution in [0.2, 0.25) is 5.15 Å². The minimum Gasteiger partial charge on any atom is -0.349 e. The molecular formula is C11H14ClN3OS. The third kappa shape index (κ3) is 3.33. The van der Waals surface area contributed by atoms with Gasteiger partial charge in [0.05, 0.1) is 12.4 Å². The predicted molar refractivity (Wildman–Crippen MR) is 69.5 cm³/mol. The zero-order valence-corrected chi connectivity index (χ0v) is 11.1. The number of carbonyl (C=O) groups excluding carboxylic acids is 1. The van der Waals surface area contributed by atoms with E-state index in [1.54, 1.807) is 0 Å². The van der Waals surface area contributed by atoms with Gasteiger partial charge in [0.25, 0.3) is 5.91 Å². The highest BCUT2D eigenvalue weighted by atomic mass is 35.5. The van der Waals surface area contributed by atoms with Crippen LogP contribution in [0.15, 0.2) is 12.4 Å². The molecule has 1 unspecified atom stereocenters.